The van der Waals surface area contributed by atoms with Crippen LogP contribution < -0.4 is 15.4 Å². The first-order valence-electron chi connectivity index (χ1n) is 8.43. The summed E-state index contributed by atoms with van der Waals surface area (Å²) < 4.78 is 22.8. The van der Waals surface area contributed by atoms with Crippen molar-refractivity contribution in [2.75, 3.05) is 6.61 Å². The molecule has 142 valence electrons. The summed E-state index contributed by atoms with van der Waals surface area (Å²) >= 11 is 6.79. The van der Waals surface area contributed by atoms with Crippen LogP contribution in [0.4, 0.5) is 4.39 Å². The van der Waals surface area contributed by atoms with Gasteiger partial charge in [0.1, 0.15) is 16.4 Å². The maximum atomic E-state index is 13.4. The number of amides is 2. The lowest BCUT2D eigenvalue weighted by Crippen LogP contribution is -2.84. The Morgan fingerprint density at radius 3 is 2.59 bits per heavy atom. The lowest BCUT2D eigenvalue weighted by Gasteiger charge is -2.70. The molecule has 0 saturated heterocycles. The molecule has 1 aromatic heterocycles. The molecule has 0 aliphatic heterocycles. The molecular formula is C18H17ClFN3O3S. The molecule has 1 aromatic carbocycles. The summed E-state index contributed by atoms with van der Waals surface area (Å²) in [6.07, 6.45) is 2.10. The van der Waals surface area contributed by atoms with E-state index in [1.165, 1.54) is 23.7 Å². The number of aromatic nitrogens is 1. The van der Waals surface area contributed by atoms with Gasteiger partial charge in [-0.3, -0.25) is 9.59 Å². The van der Waals surface area contributed by atoms with E-state index in [0.717, 1.165) is 11.8 Å². The van der Waals surface area contributed by atoms with Crippen molar-refractivity contribution in [3.8, 4) is 5.75 Å². The molecular weight excluding hydrogens is 393 g/mol. The zero-order valence-corrected chi connectivity index (χ0v) is 16.0. The fraction of sp³-hybridized carbons (Fsp3) is 0.389. The molecule has 0 atom stereocenters. The van der Waals surface area contributed by atoms with Crippen LogP contribution in [-0.2, 0) is 4.79 Å². The summed E-state index contributed by atoms with van der Waals surface area (Å²) in [6, 6.07) is 5.79. The molecule has 2 aromatic rings. The smallest absolute Gasteiger partial charge is 0.263 e. The van der Waals surface area contributed by atoms with Crippen LogP contribution in [0.2, 0.25) is 5.02 Å². The van der Waals surface area contributed by atoms with Crippen molar-refractivity contribution in [3.05, 3.63) is 45.7 Å². The number of nitrogens with zero attached hydrogens (tertiary/aromatic N) is 1. The lowest BCUT2D eigenvalue weighted by atomic mass is 9.44. The van der Waals surface area contributed by atoms with Crippen LogP contribution in [0.3, 0.4) is 0 Å². The van der Waals surface area contributed by atoms with Crippen LogP contribution in [-0.4, -0.2) is 33.9 Å². The molecule has 0 unspecified atom stereocenters. The fourth-order valence-corrected chi connectivity index (χ4v) is 4.64. The molecule has 6 nitrogen and oxygen atoms in total. The third-order valence-corrected chi connectivity index (χ3v) is 6.11. The minimum atomic E-state index is -0.595. The molecule has 0 spiro atoms. The Bertz CT molecular complexity index is 913. The van der Waals surface area contributed by atoms with Gasteiger partial charge in [0.25, 0.3) is 11.8 Å². The van der Waals surface area contributed by atoms with Gasteiger partial charge in [-0.25, -0.2) is 4.39 Å². The second-order valence-electron chi connectivity index (χ2n) is 7.29. The summed E-state index contributed by atoms with van der Waals surface area (Å²) in [4.78, 5) is 24.9. The number of carbonyl (C=O) groups excluding carboxylic acids is 2. The first-order chi connectivity index (χ1) is 12.8. The average molecular weight is 410 g/mol. The number of ether oxygens (including phenoxy) is 1. The highest BCUT2D eigenvalue weighted by Crippen LogP contribution is 2.60. The van der Waals surface area contributed by atoms with Crippen LogP contribution in [0.5, 0.6) is 5.75 Å². The normalized spacial score (nSPS) is 25.1. The van der Waals surface area contributed by atoms with E-state index in [2.05, 4.69) is 15.0 Å². The largest absolute Gasteiger partial charge is 0.484 e. The Morgan fingerprint density at radius 2 is 1.96 bits per heavy atom. The number of nitrogens with one attached hydrogen (secondary N) is 2. The van der Waals surface area contributed by atoms with E-state index in [1.807, 2.05) is 6.92 Å². The average Bonchev–Trinajstić information content (AvgIpc) is 2.99. The fourth-order valence-electron chi connectivity index (χ4n) is 3.87. The SMILES string of the molecule is Cc1cc(C(=O)NC23CC(NC(=O)COc4ccc(Cl)c(F)c4)(C2)C3)sn1. The predicted octanol–water partition coefficient (Wildman–Crippen LogP) is 2.84. The summed E-state index contributed by atoms with van der Waals surface area (Å²) in [7, 11) is 0. The highest BCUT2D eigenvalue weighted by molar-refractivity contribution is 7.08. The van der Waals surface area contributed by atoms with Crippen LogP contribution in [0.1, 0.15) is 34.6 Å². The molecule has 2 amide bonds. The van der Waals surface area contributed by atoms with E-state index >= 15 is 0 Å². The van der Waals surface area contributed by atoms with E-state index in [-0.39, 0.29) is 40.3 Å². The summed E-state index contributed by atoms with van der Waals surface area (Å²) in [6.45, 7) is 1.64. The minimum absolute atomic E-state index is 0.00139. The Hall–Kier alpha value is -2.19. The molecule has 1 heterocycles. The molecule has 5 rings (SSSR count). The highest BCUT2D eigenvalue weighted by atomic mass is 35.5. The standard InChI is InChI=1S/C18H17ClFN3O3S/c1-10-4-14(27-23-10)16(25)22-18-7-17(8-18,9-18)21-15(24)6-26-11-2-3-12(19)13(20)5-11/h2-5H,6-9H2,1H3,(H,21,24)(H,22,25). The number of aryl methyl sites for hydroxylation is 1. The van der Waals surface area contributed by atoms with Crippen molar-refractivity contribution in [1.82, 2.24) is 15.0 Å². The number of hydrogen-bond donors (Lipinski definition) is 2. The monoisotopic (exact) mass is 409 g/mol. The summed E-state index contributed by atoms with van der Waals surface area (Å²) in [5, 5.41) is 6.00. The Morgan fingerprint density at radius 1 is 1.26 bits per heavy atom. The van der Waals surface area contributed by atoms with Gasteiger partial charge >= 0.3 is 0 Å². The van der Waals surface area contributed by atoms with Gasteiger partial charge in [0.05, 0.1) is 10.7 Å². The van der Waals surface area contributed by atoms with Crippen molar-refractivity contribution in [1.29, 1.82) is 0 Å². The number of halogens is 2. The quantitative estimate of drug-likeness (QED) is 0.768. The third kappa shape index (κ3) is 3.51. The first kappa shape index (κ1) is 18.2. The number of hydrogen-bond acceptors (Lipinski definition) is 5. The molecule has 3 saturated carbocycles. The van der Waals surface area contributed by atoms with E-state index in [4.69, 9.17) is 16.3 Å². The van der Waals surface area contributed by atoms with Crippen molar-refractivity contribution in [3.63, 3.8) is 0 Å². The van der Waals surface area contributed by atoms with Crippen LogP contribution in [0, 0.1) is 12.7 Å². The van der Waals surface area contributed by atoms with E-state index < -0.39 is 5.82 Å². The van der Waals surface area contributed by atoms with Crippen LogP contribution in [0.25, 0.3) is 0 Å². The second-order valence-corrected chi connectivity index (χ2v) is 8.50. The molecule has 27 heavy (non-hydrogen) atoms. The van der Waals surface area contributed by atoms with Gasteiger partial charge in [-0.2, -0.15) is 4.37 Å². The molecule has 3 aliphatic rings. The van der Waals surface area contributed by atoms with E-state index in [1.54, 1.807) is 6.07 Å². The van der Waals surface area contributed by atoms with Crippen molar-refractivity contribution in [2.45, 2.75) is 37.3 Å². The molecule has 2 bridgehead atoms. The van der Waals surface area contributed by atoms with Gasteiger partial charge in [-0.05, 0) is 55.9 Å². The topological polar surface area (TPSA) is 80.3 Å². The van der Waals surface area contributed by atoms with Gasteiger partial charge < -0.3 is 15.4 Å². The van der Waals surface area contributed by atoms with Crippen molar-refractivity contribution < 1.29 is 18.7 Å². The zero-order chi connectivity index (χ0) is 19.2. The van der Waals surface area contributed by atoms with E-state index in [9.17, 15) is 14.0 Å². The van der Waals surface area contributed by atoms with Crippen LogP contribution in [0.15, 0.2) is 24.3 Å². The van der Waals surface area contributed by atoms with Gasteiger partial charge in [-0.1, -0.05) is 11.6 Å². The second kappa shape index (κ2) is 6.45. The molecule has 9 heteroatoms. The first-order valence-corrected chi connectivity index (χ1v) is 9.58. The maximum absolute atomic E-state index is 13.4. The maximum Gasteiger partial charge on any atom is 0.263 e. The molecule has 3 aliphatic carbocycles. The minimum Gasteiger partial charge on any atom is -0.484 e. The van der Waals surface area contributed by atoms with E-state index in [0.29, 0.717) is 24.1 Å². The lowest BCUT2D eigenvalue weighted by molar-refractivity contribution is -0.141. The molecule has 0 radical (unpaired) electrons. The summed E-state index contributed by atoms with van der Waals surface area (Å²) in [5.74, 6) is -0.743. The number of benzene rings is 1. The number of rotatable bonds is 6. The molecule has 2 N–H and O–H groups in total. The Labute approximate surface area is 164 Å². The van der Waals surface area contributed by atoms with Gasteiger partial charge in [0, 0.05) is 17.1 Å². The summed E-state index contributed by atoms with van der Waals surface area (Å²) in [5.41, 5.74) is 0.317. The highest BCUT2D eigenvalue weighted by Gasteiger charge is 2.69. The third-order valence-electron chi connectivity index (χ3n) is 4.93. The number of carbonyl (C=O) groups is 2. The predicted molar refractivity (Wildman–Crippen MR) is 98.7 cm³/mol. The van der Waals surface area contributed by atoms with Gasteiger partial charge in [0.15, 0.2) is 6.61 Å². The zero-order valence-electron chi connectivity index (χ0n) is 14.5. The van der Waals surface area contributed by atoms with Gasteiger partial charge in [0.2, 0.25) is 0 Å². The molecule has 3 fully saturated rings. The van der Waals surface area contributed by atoms with Crippen LogP contribution >= 0.6 is 23.1 Å². The van der Waals surface area contributed by atoms with Gasteiger partial charge in [-0.15, -0.1) is 0 Å². The Balaban J connectivity index is 1.23. The Kier molecular flexibility index (Phi) is 4.35. The van der Waals surface area contributed by atoms with Crippen molar-refractivity contribution >= 4 is 34.9 Å². The van der Waals surface area contributed by atoms with Crippen molar-refractivity contribution in [2.24, 2.45) is 0 Å².